The third-order valence-electron chi connectivity index (χ3n) is 4.31. The maximum Gasteiger partial charge on any atom is 0.439 e. The number of fused-ring (bicyclic) bond motifs is 1. The molecule has 0 unspecified atom stereocenters. The van der Waals surface area contributed by atoms with Crippen molar-refractivity contribution in [2.45, 2.75) is 38.1 Å². The number of alkyl halides is 3. The lowest BCUT2D eigenvalue weighted by atomic mass is 9.76. The predicted molar refractivity (Wildman–Crippen MR) is 69.8 cm³/mol. The molecule has 8 heteroatoms. The van der Waals surface area contributed by atoms with Gasteiger partial charge >= 0.3 is 12.1 Å². The summed E-state index contributed by atoms with van der Waals surface area (Å²) in [5.74, 6) is -2.59. The summed E-state index contributed by atoms with van der Waals surface area (Å²) in [6, 6.07) is 2.63. The fourth-order valence-corrected chi connectivity index (χ4v) is 3.12. The van der Waals surface area contributed by atoms with Gasteiger partial charge in [-0.2, -0.15) is 23.3 Å². The maximum absolute atomic E-state index is 13.5. The van der Waals surface area contributed by atoms with Gasteiger partial charge in [0, 0.05) is 5.71 Å². The molecule has 2 heterocycles. The summed E-state index contributed by atoms with van der Waals surface area (Å²) >= 11 is 0. The zero-order valence-corrected chi connectivity index (χ0v) is 11.8. The van der Waals surface area contributed by atoms with Crippen molar-refractivity contribution in [3.8, 4) is 0 Å². The van der Waals surface area contributed by atoms with Crippen molar-refractivity contribution in [1.29, 1.82) is 0 Å². The molecule has 1 aromatic rings. The van der Waals surface area contributed by atoms with Crippen molar-refractivity contribution in [3.05, 3.63) is 24.2 Å². The van der Waals surface area contributed by atoms with Crippen LogP contribution in [0.1, 0.15) is 36.7 Å². The zero-order valence-electron chi connectivity index (χ0n) is 11.8. The molecule has 0 saturated heterocycles. The molecule has 1 amide bonds. The molecule has 3 atom stereocenters. The minimum Gasteiger partial charge on any atom is -0.459 e. The lowest BCUT2D eigenvalue weighted by Gasteiger charge is -2.39. The molecule has 22 heavy (non-hydrogen) atoms. The molecule has 0 aromatic carbocycles. The monoisotopic (exact) mass is 316 g/mol. The summed E-state index contributed by atoms with van der Waals surface area (Å²) in [4.78, 5) is 12.3. The van der Waals surface area contributed by atoms with Gasteiger partial charge in [0.25, 0.3) is 5.72 Å². The second kappa shape index (κ2) is 4.84. The lowest BCUT2D eigenvalue weighted by Crippen LogP contribution is -2.61. The van der Waals surface area contributed by atoms with E-state index in [1.807, 2.05) is 6.92 Å². The molecular formula is C14H15F3N2O3. The molecule has 1 aliphatic carbocycles. The van der Waals surface area contributed by atoms with E-state index in [9.17, 15) is 23.1 Å². The quantitative estimate of drug-likeness (QED) is 0.866. The van der Waals surface area contributed by atoms with Crippen molar-refractivity contribution >= 4 is 11.6 Å². The number of nitrogens with zero attached hydrogens (tertiary/aromatic N) is 2. The summed E-state index contributed by atoms with van der Waals surface area (Å²) < 4.78 is 45.5. The second-order valence-corrected chi connectivity index (χ2v) is 5.84. The average Bonchev–Trinajstić information content (AvgIpc) is 3.05. The molecule has 1 fully saturated rings. The lowest BCUT2D eigenvalue weighted by molar-refractivity contribution is -0.313. The number of aliphatic hydroxyl groups is 1. The molecule has 0 radical (unpaired) electrons. The highest BCUT2D eigenvalue weighted by Crippen LogP contribution is 2.49. The van der Waals surface area contributed by atoms with Gasteiger partial charge in [-0.15, -0.1) is 0 Å². The van der Waals surface area contributed by atoms with Gasteiger partial charge in [0.1, 0.15) is 0 Å². The first-order valence-corrected chi connectivity index (χ1v) is 6.99. The molecular weight excluding hydrogens is 301 g/mol. The van der Waals surface area contributed by atoms with E-state index in [1.165, 1.54) is 18.4 Å². The summed E-state index contributed by atoms with van der Waals surface area (Å²) in [6.07, 6.45) is -2.67. The third kappa shape index (κ3) is 2.05. The van der Waals surface area contributed by atoms with Crippen molar-refractivity contribution in [3.63, 3.8) is 0 Å². The topological polar surface area (TPSA) is 66.0 Å². The average molecular weight is 316 g/mol. The number of rotatable bonds is 1. The van der Waals surface area contributed by atoms with Crippen molar-refractivity contribution in [2.75, 3.05) is 0 Å². The first-order chi connectivity index (χ1) is 10.2. The normalized spacial score (nSPS) is 31.9. The summed E-state index contributed by atoms with van der Waals surface area (Å²) in [5, 5.41) is 14.3. The standard InChI is InChI=1S/C14H15F3N2O3/c1-8-4-5-10-9(7-8)13(21,14(15,16)17)19(18-10)12(20)11-3-2-6-22-11/h2-3,6,8-9,21H,4-5,7H2,1H3/t8-,9+,13-/m0/s1. The van der Waals surface area contributed by atoms with Crippen LogP contribution in [-0.4, -0.2) is 33.6 Å². The Balaban J connectivity index is 2.04. The number of carbonyl (C=O) groups is 1. The van der Waals surface area contributed by atoms with Crippen LogP contribution in [0.4, 0.5) is 13.2 Å². The Morgan fingerprint density at radius 3 is 2.86 bits per heavy atom. The van der Waals surface area contributed by atoms with E-state index in [2.05, 4.69) is 5.10 Å². The Labute approximate surface area is 124 Å². The number of hydrogen-bond acceptors (Lipinski definition) is 4. The van der Waals surface area contributed by atoms with E-state index in [0.717, 1.165) is 0 Å². The van der Waals surface area contributed by atoms with E-state index in [4.69, 9.17) is 4.42 Å². The summed E-state index contributed by atoms with van der Waals surface area (Å²) in [5.41, 5.74) is -3.10. The molecule has 2 aliphatic rings. The van der Waals surface area contributed by atoms with Crippen molar-refractivity contribution in [2.24, 2.45) is 16.9 Å². The van der Waals surface area contributed by atoms with Crippen LogP contribution >= 0.6 is 0 Å². The van der Waals surface area contributed by atoms with E-state index in [1.54, 1.807) is 0 Å². The Morgan fingerprint density at radius 1 is 1.55 bits per heavy atom. The highest BCUT2D eigenvalue weighted by molar-refractivity contribution is 5.97. The Kier molecular flexibility index (Phi) is 3.32. The third-order valence-corrected chi connectivity index (χ3v) is 4.31. The van der Waals surface area contributed by atoms with Crippen molar-refractivity contribution < 1.29 is 27.5 Å². The molecule has 120 valence electrons. The van der Waals surface area contributed by atoms with Crippen LogP contribution < -0.4 is 0 Å². The van der Waals surface area contributed by atoms with Gasteiger partial charge in [-0.05, 0) is 37.3 Å². The van der Waals surface area contributed by atoms with Gasteiger partial charge in [0.15, 0.2) is 5.76 Å². The Morgan fingerprint density at radius 2 is 2.27 bits per heavy atom. The molecule has 1 aliphatic heterocycles. The van der Waals surface area contributed by atoms with Crippen LogP contribution in [-0.2, 0) is 0 Å². The van der Waals surface area contributed by atoms with E-state index in [0.29, 0.717) is 12.8 Å². The Hall–Kier alpha value is -1.83. The number of amides is 1. The van der Waals surface area contributed by atoms with Crippen molar-refractivity contribution in [1.82, 2.24) is 5.01 Å². The highest BCUT2D eigenvalue weighted by atomic mass is 19.4. The number of halogens is 3. The molecule has 1 N–H and O–H groups in total. The maximum atomic E-state index is 13.5. The zero-order chi connectivity index (χ0) is 16.1. The molecule has 0 spiro atoms. The van der Waals surface area contributed by atoms with Crippen LogP contribution in [0.2, 0.25) is 0 Å². The van der Waals surface area contributed by atoms with Gasteiger partial charge in [-0.3, -0.25) is 4.79 Å². The molecule has 5 nitrogen and oxygen atoms in total. The molecule has 3 rings (SSSR count). The first kappa shape index (κ1) is 15.1. The number of hydrogen-bond donors (Lipinski definition) is 1. The van der Waals surface area contributed by atoms with E-state index in [-0.39, 0.29) is 28.8 Å². The van der Waals surface area contributed by atoms with Gasteiger partial charge in [0.05, 0.1) is 12.2 Å². The predicted octanol–water partition coefficient (Wildman–Crippen LogP) is 2.78. The van der Waals surface area contributed by atoms with Gasteiger partial charge in [0.2, 0.25) is 0 Å². The molecule has 0 bridgehead atoms. The number of hydrazone groups is 1. The van der Waals surface area contributed by atoms with E-state index >= 15 is 0 Å². The fourth-order valence-electron chi connectivity index (χ4n) is 3.12. The minimum absolute atomic E-state index is 0.0245. The number of carbonyl (C=O) groups excluding carboxylic acids is 1. The van der Waals surface area contributed by atoms with Crippen LogP contribution in [0.3, 0.4) is 0 Å². The SMILES string of the molecule is C[C@H]1CCC2=NN(C(=O)c3ccco3)[C@@](O)(C(F)(F)F)[C@@H]2C1. The molecule has 1 aromatic heterocycles. The second-order valence-electron chi connectivity index (χ2n) is 5.84. The van der Waals surface area contributed by atoms with Crippen LogP contribution in [0.25, 0.3) is 0 Å². The smallest absolute Gasteiger partial charge is 0.439 e. The highest BCUT2D eigenvalue weighted by Gasteiger charge is 2.69. The van der Waals surface area contributed by atoms with Crippen LogP contribution in [0.5, 0.6) is 0 Å². The summed E-state index contributed by atoms with van der Waals surface area (Å²) in [6.45, 7) is 1.82. The van der Waals surface area contributed by atoms with Gasteiger partial charge in [-0.1, -0.05) is 6.92 Å². The fraction of sp³-hybridized carbons (Fsp3) is 0.571. The van der Waals surface area contributed by atoms with Gasteiger partial charge in [-0.25, -0.2) is 0 Å². The Bertz CT molecular complexity index is 611. The van der Waals surface area contributed by atoms with Crippen LogP contribution in [0.15, 0.2) is 27.9 Å². The number of furan rings is 1. The van der Waals surface area contributed by atoms with Gasteiger partial charge < -0.3 is 9.52 Å². The molecule has 1 saturated carbocycles. The summed E-state index contributed by atoms with van der Waals surface area (Å²) in [7, 11) is 0. The largest absolute Gasteiger partial charge is 0.459 e. The van der Waals surface area contributed by atoms with Crippen LogP contribution in [0, 0.1) is 11.8 Å². The first-order valence-electron chi connectivity index (χ1n) is 6.99. The van der Waals surface area contributed by atoms with E-state index < -0.39 is 23.7 Å². The minimum atomic E-state index is -5.01.